The molecule has 1 unspecified atom stereocenters. The minimum atomic E-state index is -0.898. The van der Waals surface area contributed by atoms with Crippen molar-refractivity contribution in [1.82, 2.24) is 4.98 Å². The van der Waals surface area contributed by atoms with Crippen molar-refractivity contribution in [3.8, 4) is 5.75 Å². The Kier molecular flexibility index (Phi) is 2.92. The van der Waals surface area contributed by atoms with Crippen molar-refractivity contribution < 1.29 is 14.3 Å². The third-order valence-electron chi connectivity index (χ3n) is 2.31. The summed E-state index contributed by atoms with van der Waals surface area (Å²) in [5.74, 6) is 1.77. The average Bonchev–Trinajstić information content (AvgIpc) is 2.75. The van der Waals surface area contributed by atoms with E-state index in [0.717, 1.165) is 5.76 Å². The highest BCUT2D eigenvalue weighted by Gasteiger charge is 2.19. The summed E-state index contributed by atoms with van der Waals surface area (Å²) in [6.45, 7) is 1.83. The monoisotopic (exact) mass is 219 g/mol. The van der Waals surface area contributed by atoms with Gasteiger partial charge in [-0.25, -0.2) is 0 Å². The highest BCUT2D eigenvalue weighted by atomic mass is 16.5. The lowest BCUT2D eigenvalue weighted by Crippen LogP contribution is -2.03. The van der Waals surface area contributed by atoms with Crippen molar-refractivity contribution in [2.45, 2.75) is 13.0 Å². The van der Waals surface area contributed by atoms with Gasteiger partial charge in [-0.05, 0) is 31.2 Å². The van der Waals surface area contributed by atoms with Crippen molar-refractivity contribution in [3.05, 3.63) is 47.7 Å². The molecule has 1 atom stereocenters. The lowest BCUT2D eigenvalue weighted by atomic mass is 10.1. The van der Waals surface area contributed by atoms with Gasteiger partial charge in [0.25, 0.3) is 0 Å². The van der Waals surface area contributed by atoms with Crippen molar-refractivity contribution >= 4 is 0 Å². The van der Waals surface area contributed by atoms with Gasteiger partial charge >= 0.3 is 0 Å². The van der Waals surface area contributed by atoms with Crippen LogP contribution in [0.2, 0.25) is 0 Å². The van der Waals surface area contributed by atoms with Crippen LogP contribution in [-0.2, 0) is 0 Å². The summed E-state index contributed by atoms with van der Waals surface area (Å²) < 4.78 is 10.5. The van der Waals surface area contributed by atoms with Gasteiger partial charge in [0.05, 0.1) is 7.11 Å². The Morgan fingerprint density at radius 3 is 2.81 bits per heavy atom. The highest BCUT2D eigenvalue weighted by molar-refractivity contribution is 5.32. The van der Waals surface area contributed by atoms with E-state index in [0.29, 0.717) is 17.2 Å². The summed E-state index contributed by atoms with van der Waals surface area (Å²) in [5.41, 5.74) is 0.458. The number of furan rings is 1. The van der Waals surface area contributed by atoms with E-state index in [1.165, 1.54) is 0 Å². The molecule has 2 aromatic heterocycles. The predicted molar refractivity (Wildman–Crippen MR) is 58.3 cm³/mol. The number of ether oxygens (including phenoxy) is 1. The number of methoxy groups -OCH3 is 1. The third-order valence-corrected chi connectivity index (χ3v) is 2.31. The molecule has 0 amide bonds. The molecule has 84 valence electrons. The van der Waals surface area contributed by atoms with Crippen LogP contribution in [0, 0.1) is 6.92 Å². The van der Waals surface area contributed by atoms with Gasteiger partial charge in [0.1, 0.15) is 23.0 Å². The number of aliphatic hydroxyl groups excluding tert-OH is 1. The van der Waals surface area contributed by atoms with Crippen LogP contribution < -0.4 is 4.74 Å². The predicted octanol–water partition coefficient (Wildman–Crippen LogP) is 2.07. The van der Waals surface area contributed by atoms with Crippen LogP contribution in [0.3, 0.4) is 0 Å². The molecule has 16 heavy (non-hydrogen) atoms. The maximum Gasteiger partial charge on any atom is 0.157 e. The Bertz CT molecular complexity index is 479. The number of rotatable bonds is 3. The smallest absolute Gasteiger partial charge is 0.157 e. The van der Waals surface area contributed by atoms with Crippen molar-refractivity contribution in [3.63, 3.8) is 0 Å². The fraction of sp³-hybridized carbons (Fsp3) is 0.250. The molecule has 1 N–H and O–H groups in total. The second kappa shape index (κ2) is 4.37. The van der Waals surface area contributed by atoms with Gasteiger partial charge in [-0.15, -0.1) is 0 Å². The third kappa shape index (κ3) is 1.92. The first-order valence-corrected chi connectivity index (χ1v) is 4.95. The molecular weight excluding hydrogens is 206 g/mol. The molecule has 0 saturated carbocycles. The first kappa shape index (κ1) is 10.7. The van der Waals surface area contributed by atoms with Crippen LogP contribution >= 0.6 is 0 Å². The van der Waals surface area contributed by atoms with E-state index in [9.17, 15) is 5.11 Å². The number of pyridine rings is 1. The normalized spacial score (nSPS) is 12.4. The molecule has 2 heterocycles. The molecule has 2 aromatic rings. The molecule has 4 heteroatoms. The molecule has 2 rings (SSSR count). The zero-order chi connectivity index (χ0) is 11.5. The van der Waals surface area contributed by atoms with E-state index in [1.807, 2.05) is 6.92 Å². The van der Waals surface area contributed by atoms with Crippen LogP contribution in [0.25, 0.3) is 0 Å². The Morgan fingerprint density at radius 1 is 1.38 bits per heavy atom. The molecule has 0 aromatic carbocycles. The van der Waals surface area contributed by atoms with Gasteiger partial charge < -0.3 is 14.3 Å². The zero-order valence-corrected chi connectivity index (χ0v) is 9.18. The molecule has 0 fully saturated rings. The topological polar surface area (TPSA) is 55.5 Å². The Morgan fingerprint density at radius 2 is 2.19 bits per heavy atom. The van der Waals surface area contributed by atoms with E-state index in [2.05, 4.69) is 4.98 Å². The maximum absolute atomic E-state index is 10.1. The van der Waals surface area contributed by atoms with Crippen molar-refractivity contribution in [1.29, 1.82) is 0 Å². The number of nitrogens with zero attached hydrogens (tertiary/aromatic N) is 1. The highest BCUT2D eigenvalue weighted by Crippen LogP contribution is 2.28. The summed E-state index contributed by atoms with van der Waals surface area (Å²) in [5, 5.41) is 10.1. The van der Waals surface area contributed by atoms with Gasteiger partial charge in [-0.2, -0.15) is 0 Å². The second-order valence-electron chi connectivity index (χ2n) is 3.44. The van der Waals surface area contributed by atoms with Crippen molar-refractivity contribution in [2.24, 2.45) is 0 Å². The molecule has 0 saturated heterocycles. The summed E-state index contributed by atoms with van der Waals surface area (Å²) in [6, 6.07) is 7.03. The molecular formula is C12H13NO3. The van der Waals surface area contributed by atoms with Gasteiger partial charge in [-0.3, -0.25) is 4.98 Å². The second-order valence-corrected chi connectivity index (χ2v) is 3.44. The van der Waals surface area contributed by atoms with Crippen molar-refractivity contribution in [2.75, 3.05) is 7.11 Å². The van der Waals surface area contributed by atoms with Crippen LogP contribution in [0.15, 0.2) is 34.9 Å². The average molecular weight is 219 g/mol. The van der Waals surface area contributed by atoms with E-state index in [1.54, 1.807) is 37.6 Å². The first-order chi connectivity index (χ1) is 7.72. The van der Waals surface area contributed by atoms with Gasteiger partial charge in [0.2, 0.25) is 0 Å². The number of hydrogen-bond donors (Lipinski definition) is 1. The maximum atomic E-state index is 10.1. The van der Waals surface area contributed by atoms with Crippen LogP contribution in [0.1, 0.15) is 23.3 Å². The molecule has 0 bridgehead atoms. The summed E-state index contributed by atoms with van der Waals surface area (Å²) in [4.78, 5) is 4.10. The largest absolute Gasteiger partial charge is 0.495 e. The lowest BCUT2D eigenvalue weighted by molar-refractivity contribution is 0.178. The first-order valence-electron chi connectivity index (χ1n) is 4.95. The van der Waals surface area contributed by atoms with Gasteiger partial charge in [0, 0.05) is 6.20 Å². The van der Waals surface area contributed by atoms with Gasteiger partial charge in [0.15, 0.2) is 6.10 Å². The van der Waals surface area contributed by atoms with Crippen LogP contribution in [-0.4, -0.2) is 17.2 Å². The van der Waals surface area contributed by atoms with E-state index in [-0.39, 0.29) is 0 Å². The molecule has 0 radical (unpaired) electrons. The lowest BCUT2D eigenvalue weighted by Gasteiger charge is -2.11. The zero-order valence-electron chi connectivity index (χ0n) is 9.18. The number of aromatic nitrogens is 1. The van der Waals surface area contributed by atoms with Crippen LogP contribution in [0.4, 0.5) is 0 Å². The quantitative estimate of drug-likeness (QED) is 0.858. The number of hydrogen-bond acceptors (Lipinski definition) is 4. The molecule has 4 nitrogen and oxygen atoms in total. The van der Waals surface area contributed by atoms with E-state index in [4.69, 9.17) is 9.15 Å². The fourth-order valence-corrected chi connectivity index (χ4v) is 1.52. The van der Waals surface area contributed by atoms with E-state index < -0.39 is 6.10 Å². The molecule has 0 aliphatic heterocycles. The Labute approximate surface area is 93.5 Å². The minimum Gasteiger partial charge on any atom is -0.495 e. The number of aliphatic hydroxyl groups is 1. The number of aryl methyl sites for hydroxylation is 1. The van der Waals surface area contributed by atoms with Gasteiger partial charge in [-0.1, -0.05) is 0 Å². The fourth-order valence-electron chi connectivity index (χ4n) is 1.52. The molecule has 0 spiro atoms. The standard InChI is InChI=1S/C12H13NO3/c1-8-5-6-10(16-8)12(14)11-9(15-2)4-3-7-13-11/h3-7,12,14H,1-2H3. The van der Waals surface area contributed by atoms with Crippen LogP contribution in [0.5, 0.6) is 5.75 Å². The Balaban J connectivity index is 2.36. The molecule has 0 aliphatic carbocycles. The van der Waals surface area contributed by atoms with E-state index >= 15 is 0 Å². The minimum absolute atomic E-state index is 0.458. The Hall–Kier alpha value is -1.81. The summed E-state index contributed by atoms with van der Waals surface area (Å²) >= 11 is 0. The SMILES string of the molecule is COc1cccnc1C(O)c1ccc(C)o1. The molecule has 0 aliphatic rings. The summed E-state index contributed by atoms with van der Waals surface area (Å²) in [7, 11) is 1.54. The summed E-state index contributed by atoms with van der Waals surface area (Å²) in [6.07, 6.45) is 0.710.